The van der Waals surface area contributed by atoms with Gasteiger partial charge in [-0.3, -0.25) is 0 Å². The van der Waals surface area contributed by atoms with Crippen molar-refractivity contribution >= 4 is 5.97 Å². The van der Waals surface area contributed by atoms with E-state index in [1.165, 1.54) is 17.2 Å². The Hall–Kier alpha value is -1.38. The van der Waals surface area contributed by atoms with Gasteiger partial charge in [-0.25, -0.2) is 9.18 Å². The molecule has 0 aromatic rings. The fourth-order valence-electron chi connectivity index (χ4n) is 1.64. The molecule has 0 heterocycles. The van der Waals surface area contributed by atoms with Crippen LogP contribution in [-0.4, -0.2) is 18.7 Å². The zero-order chi connectivity index (χ0) is 15.5. The summed E-state index contributed by atoms with van der Waals surface area (Å²) in [5.41, 5.74) is 2.89. The third-order valence-corrected chi connectivity index (χ3v) is 2.89. The molecule has 0 bridgehead atoms. The zero-order valence-electron chi connectivity index (χ0n) is 13.3. The predicted molar refractivity (Wildman–Crippen MR) is 82.3 cm³/mol. The summed E-state index contributed by atoms with van der Waals surface area (Å²) >= 11 is 0. The Morgan fingerprint density at radius 2 is 1.85 bits per heavy atom. The van der Waals surface area contributed by atoms with Crippen molar-refractivity contribution < 1.29 is 13.9 Å². The van der Waals surface area contributed by atoms with Crippen molar-refractivity contribution in [3.8, 4) is 0 Å². The molecule has 0 N–H and O–H groups in total. The van der Waals surface area contributed by atoms with Crippen LogP contribution in [0, 0.1) is 0 Å². The highest BCUT2D eigenvalue weighted by Crippen LogP contribution is 2.15. The molecule has 0 saturated heterocycles. The summed E-state index contributed by atoms with van der Waals surface area (Å²) in [5, 5.41) is 0. The van der Waals surface area contributed by atoms with E-state index in [0.29, 0.717) is 18.6 Å². The third kappa shape index (κ3) is 9.54. The highest BCUT2D eigenvalue weighted by atomic mass is 19.1. The number of halogens is 1. The molecule has 0 aromatic heterocycles. The summed E-state index contributed by atoms with van der Waals surface area (Å²) in [4.78, 5) is 11.2. The van der Waals surface area contributed by atoms with Crippen LogP contribution in [0.3, 0.4) is 0 Å². The molecule has 1 atom stereocenters. The second kappa shape index (κ2) is 10.4. The van der Waals surface area contributed by atoms with Crippen molar-refractivity contribution in [3.63, 3.8) is 0 Å². The summed E-state index contributed by atoms with van der Waals surface area (Å²) < 4.78 is 18.6. The smallest absolute Gasteiger partial charge is 0.330 e. The number of carbonyl (C=O) groups excluding carboxylic acids is 1. The Morgan fingerprint density at radius 3 is 2.40 bits per heavy atom. The first kappa shape index (κ1) is 18.6. The van der Waals surface area contributed by atoms with Crippen LogP contribution in [0.4, 0.5) is 4.39 Å². The van der Waals surface area contributed by atoms with Crippen molar-refractivity contribution in [2.45, 2.75) is 60.1 Å². The van der Waals surface area contributed by atoms with E-state index < -0.39 is 12.1 Å². The van der Waals surface area contributed by atoms with Gasteiger partial charge in [-0.15, -0.1) is 0 Å². The van der Waals surface area contributed by atoms with Crippen molar-refractivity contribution in [1.29, 1.82) is 0 Å². The van der Waals surface area contributed by atoms with E-state index in [2.05, 4.69) is 19.9 Å². The molecule has 3 heteroatoms. The molecular weight excluding hydrogens is 255 g/mol. The van der Waals surface area contributed by atoms with Gasteiger partial charge in [-0.05, 0) is 53.0 Å². The first-order valence-electron chi connectivity index (χ1n) is 7.14. The molecule has 0 aromatic carbocycles. The maximum absolute atomic E-state index is 13.9. The normalized spacial score (nSPS) is 13.9. The average molecular weight is 282 g/mol. The van der Waals surface area contributed by atoms with Crippen molar-refractivity contribution in [1.82, 2.24) is 0 Å². The lowest BCUT2D eigenvalue weighted by atomic mass is 10.1. The summed E-state index contributed by atoms with van der Waals surface area (Å²) in [6.45, 7) is 9.81. The fourth-order valence-corrected chi connectivity index (χ4v) is 1.64. The van der Waals surface area contributed by atoms with Gasteiger partial charge in [-0.2, -0.15) is 0 Å². The van der Waals surface area contributed by atoms with Crippen LogP contribution < -0.4 is 0 Å². The van der Waals surface area contributed by atoms with Crippen molar-refractivity contribution in [2.75, 3.05) is 6.61 Å². The van der Waals surface area contributed by atoms with E-state index in [1.807, 2.05) is 13.0 Å². The molecule has 0 aliphatic heterocycles. The van der Waals surface area contributed by atoms with Gasteiger partial charge in [0.1, 0.15) is 6.17 Å². The number of hydrogen-bond acceptors (Lipinski definition) is 2. The highest BCUT2D eigenvalue weighted by Gasteiger charge is 2.09. The predicted octanol–water partition coefficient (Wildman–Crippen LogP) is 4.92. The molecule has 20 heavy (non-hydrogen) atoms. The lowest BCUT2D eigenvalue weighted by Crippen LogP contribution is -2.06. The summed E-state index contributed by atoms with van der Waals surface area (Å²) in [6, 6.07) is 0. The van der Waals surface area contributed by atoms with E-state index in [0.717, 1.165) is 12.8 Å². The molecule has 1 unspecified atom stereocenters. The van der Waals surface area contributed by atoms with Crippen LogP contribution in [-0.2, 0) is 9.53 Å². The lowest BCUT2D eigenvalue weighted by molar-refractivity contribution is -0.137. The van der Waals surface area contributed by atoms with Crippen LogP contribution >= 0.6 is 0 Å². The molecule has 0 aliphatic rings. The van der Waals surface area contributed by atoms with E-state index in [-0.39, 0.29) is 0 Å². The first-order valence-corrected chi connectivity index (χ1v) is 7.14. The maximum Gasteiger partial charge on any atom is 0.330 e. The standard InChI is InChI=1S/C17H27FO2/c1-6-20-17(19)12-15(5)16(18)11-10-14(4)9-7-8-13(2)3/h8,10,12,16H,6-7,9,11H2,1-5H3/b14-10+,15-12+. The topological polar surface area (TPSA) is 26.3 Å². The summed E-state index contributed by atoms with van der Waals surface area (Å²) in [7, 11) is 0. The van der Waals surface area contributed by atoms with E-state index >= 15 is 0 Å². The van der Waals surface area contributed by atoms with Crippen LogP contribution in [0.1, 0.15) is 53.9 Å². The SMILES string of the molecule is CCOC(=O)/C=C(\C)C(F)C/C=C(\C)CCC=C(C)C. The molecule has 0 amide bonds. The van der Waals surface area contributed by atoms with Crippen LogP contribution in [0.5, 0.6) is 0 Å². The largest absolute Gasteiger partial charge is 0.463 e. The quantitative estimate of drug-likeness (QED) is 0.359. The molecule has 114 valence electrons. The van der Waals surface area contributed by atoms with E-state index in [9.17, 15) is 9.18 Å². The number of hydrogen-bond donors (Lipinski definition) is 0. The third-order valence-electron chi connectivity index (χ3n) is 2.89. The Labute approximate surface area is 122 Å². The fraction of sp³-hybridized carbons (Fsp3) is 0.588. The van der Waals surface area contributed by atoms with Gasteiger partial charge < -0.3 is 4.74 Å². The Kier molecular flexibility index (Phi) is 9.69. The number of rotatable bonds is 8. The van der Waals surface area contributed by atoms with Crippen LogP contribution in [0.25, 0.3) is 0 Å². The number of ether oxygens (including phenoxy) is 1. The second-order valence-corrected chi connectivity index (χ2v) is 5.21. The van der Waals surface area contributed by atoms with Crippen LogP contribution in [0.15, 0.2) is 34.9 Å². The molecule has 0 spiro atoms. The highest BCUT2D eigenvalue weighted by molar-refractivity contribution is 5.82. The number of esters is 1. The van der Waals surface area contributed by atoms with Gasteiger partial charge in [0.05, 0.1) is 6.61 Å². The van der Waals surface area contributed by atoms with Gasteiger partial charge in [0.2, 0.25) is 0 Å². The number of carbonyl (C=O) groups is 1. The van der Waals surface area contributed by atoms with Gasteiger partial charge in [0.15, 0.2) is 0 Å². The van der Waals surface area contributed by atoms with Gasteiger partial charge in [0.25, 0.3) is 0 Å². The molecule has 0 fully saturated rings. The monoisotopic (exact) mass is 282 g/mol. The minimum absolute atomic E-state index is 0.308. The summed E-state index contributed by atoms with van der Waals surface area (Å²) in [6.07, 6.45) is 6.43. The van der Waals surface area contributed by atoms with Gasteiger partial charge >= 0.3 is 5.97 Å². The molecular formula is C17H27FO2. The second-order valence-electron chi connectivity index (χ2n) is 5.21. The van der Waals surface area contributed by atoms with Crippen LogP contribution in [0.2, 0.25) is 0 Å². The maximum atomic E-state index is 13.9. The Morgan fingerprint density at radius 1 is 1.20 bits per heavy atom. The molecule has 0 radical (unpaired) electrons. The van der Waals surface area contributed by atoms with Crippen molar-refractivity contribution in [3.05, 3.63) is 34.9 Å². The van der Waals surface area contributed by atoms with Gasteiger partial charge in [0, 0.05) is 12.5 Å². The minimum atomic E-state index is -1.13. The number of allylic oxidation sites excluding steroid dienone is 5. The van der Waals surface area contributed by atoms with Crippen molar-refractivity contribution in [2.24, 2.45) is 0 Å². The van der Waals surface area contributed by atoms with Gasteiger partial charge in [-0.1, -0.05) is 23.3 Å². The zero-order valence-corrected chi connectivity index (χ0v) is 13.3. The first-order chi connectivity index (χ1) is 9.36. The average Bonchev–Trinajstić information content (AvgIpc) is 2.35. The summed E-state index contributed by atoms with van der Waals surface area (Å²) in [5.74, 6) is -0.475. The molecule has 0 saturated carbocycles. The number of alkyl halides is 1. The van der Waals surface area contributed by atoms with E-state index in [1.54, 1.807) is 13.8 Å². The molecule has 0 rings (SSSR count). The Bertz CT molecular complexity index is 388. The molecule has 0 aliphatic carbocycles. The Balaban J connectivity index is 4.28. The van der Waals surface area contributed by atoms with E-state index in [4.69, 9.17) is 4.74 Å². The minimum Gasteiger partial charge on any atom is -0.463 e. The molecule has 2 nitrogen and oxygen atoms in total. The lowest BCUT2D eigenvalue weighted by Gasteiger charge is -2.07.